The van der Waals surface area contributed by atoms with E-state index in [1.807, 2.05) is 24.5 Å². The van der Waals surface area contributed by atoms with E-state index in [-0.39, 0.29) is 17.7 Å². The first-order valence-electron chi connectivity index (χ1n) is 7.30. The predicted molar refractivity (Wildman–Crippen MR) is 98.7 cm³/mol. The Kier molecular flexibility index (Phi) is 6.71. The van der Waals surface area contributed by atoms with Gasteiger partial charge in [0.1, 0.15) is 5.82 Å². The van der Waals surface area contributed by atoms with Gasteiger partial charge in [-0.05, 0) is 31.5 Å². The zero-order chi connectivity index (χ0) is 17.7. The second kappa shape index (κ2) is 8.55. The number of carbonyl (C=O) groups is 1. The molecule has 0 radical (unpaired) electrons. The van der Waals surface area contributed by atoms with Gasteiger partial charge in [-0.3, -0.25) is 4.79 Å². The molecule has 0 saturated heterocycles. The Bertz CT molecular complexity index is 748. The summed E-state index contributed by atoms with van der Waals surface area (Å²) in [4.78, 5) is 12.2. The van der Waals surface area contributed by atoms with Crippen molar-refractivity contribution in [2.75, 3.05) is 5.75 Å². The first-order valence-corrected chi connectivity index (χ1v) is 9.04. The molecule has 8 heteroatoms. The lowest BCUT2D eigenvalue weighted by molar-refractivity contribution is -0.119. The van der Waals surface area contributed by atoms with Gasteiger partial charge in [0, 0.05) is 16.6 Å². The van der Waals surface area contributed by atoms with E-state index in [4.69, 9.17) is 23.2 Å². The van der Waals surface area contributed by atoms with Crippen LogP contribution in [0, 0.1) is 6.92 Å². The van der Waals surface area contributed by atoms with Gasteiger partial charge >= 0.3 is 0 Å². The van der Waals surface area contributed by atoms with Crippen molar-refractivity contribution in [3.8, 4) is 0 Å². The fraction of sp³-hybridized carbons (Fsp3) is 0.312. The van der Waals surface area contributed by atoms with Crippen molar-refractivity contribution in [3.63, 3.8) is 0 Å². The largest absolute Gasteiger partial charge is 0.349 e. The number of allylic oxidation sites excluding steroid dienone is 1. The number of hydrogen-bond acceptors (Lipinski definition) is 4. The molecule has 5 nitrogen and oxygen atoms in total. The minimum Gasteiger partial charge on any atom is -0.349 e. The summed E-state index contributed by atoms with van der Waals surface area (Å²) in [5.41, 5.74) is 0.824. The maximum atomic E-state index is 12.2. The van der Waals surface area contributed by atoms with Crippen LogP contribution in [0.5, 0.6) is 0 Å². The molecule has 0 fully saturated rings. The van der Waals surface area contributed by atoms with Crippen LogP contribution in [0.2, 0.25) is 10.0 Å². The van der Waals surface area contributed by atoms with Crippen molar-refractivity contribution < 1.29 is 4.79 Å². The van der Waals surface area contributed by atoms with Crippen LogP contribution in [0.1, 0.15) is 24.4 Å². The fourth-order valence-corrected chi connectivity index (χ4v) is 3.53. The second-order valence-corrected chi connectivity index (χ2v) is 6.96. The molecule has 1 aromatic carbocycles. The Morgan fingerprint density at radius 1 is 1.46 bits per heavy atom. The number of hydrogen-bond donors (Lipinski definition) is 1. The molecule has 0 saturated carbocycles. The summed E-state index contributed by atoms with van der Waals surface area (Å²) >= 11 is 13.4. The topological polar surface area (TPSA) is 59.8 Å². The monoisotopic (exact) mass is 384 g/mol. The molecule has 1 N–H and O–H groups in total. The quantitative estimate of drug-likeness (QED) is 0.577. The van der Waals surface area contributed by atoms with Crippen LogP contribution in [-0.2, 0) is 11.3 Å². The number of benzene rings is 1. The molecule has 2 rings (SSSR count). The fourth-order valence-electron chi connectivity index (χ4n) is 2.15. The van der Waals surface area contributed by atoms with Crippen molar-refractivity contribution in [2.45, 2.75) is 31.6 Å². The average Bonchev–Trinajstić information content (AvgIpc) is 2.86. The maximum absolute atomic E-state index is 12.2. The molecule has 1 amide bonds. The molecule has 1 atom stereocenters. The molecule has 1 aromatic heterocycles. The van der Waals surface area contributed by atoms with E-state index in [2.05, 4.69) is 22.1 Å². The Labute approximate surface area is 155 Å². The second-order valence-electron chi connectivity index (χ2n) is 5.17. The standard InChI is InChI=1S/C16H18Cl2N4OS/c1-4-7-22-11(3)20-21-16(22)24-9-15(23)19-10(2)13-6-5-12(17)8-14(13)18/h4-6,8,10H,1,7,9H2,2-3H3,(H,19,23)/t10-/m1/s1. The highest BCUT2D eigenvalue weighted by Gasteiger charge is 2.15. The normalized spacial score (nSPS) is 12.0. The number of amides is 1. The third-order valence-corrected chi connectivity index (χ3v) is 4.88. The van der Waals surface area contributed by atoms with Gasteiger partial charge in [-0.2, -0.15) is 0 Å². The Hall–Kier alpha value is -1.50. The van der Waals surface area contributed by atoms with Crippen LogP contribution in [0.3, 0.4) is 0 Å². The summed E-state index contributed by atoms with van der Waals surface area (Å²) in [7, 11) is 0. The van der Waals surface area contributed by atoms with E-state index >= 15 is 0 Å². The van der Waals surface area contributed by atoms with E-state index in [1.165, 1.54) is 11.8 Å². The summed E-state index contributed by atoms with van der Waals surface area (Å²) in [6, 6.07) is 5.01. The van der Waals surface area contributed by atoms with Gasteiger partial charge in [0.05, 0.1) is 11.8 Å². The lowest BCUT2D eigenvalue weighted by Crippen LogP contribution is -2.28. The molecule has 0 aliphatic carbocycles. The molecule has 2 aromatic rings. The minimum absolute atomic E-state index is 0.107. The van der Waals surface area contributed by atoms with Gasteiger partial charge in [-0.1, -0.05) is 47.1 Å². The number of halogens is 2. The van der Waals surface area contributed by atoms with E-state index in [0.29, 0.717) is 21.7 Å². The van der Waals surface area contributed by atoms with Crippen LogP contribution in [0.25, 0.3) is 0 Å². The van der Waals surface area contributed by atoms with Crippen molar-refractivity contribution in [1.29, 1.82) is 0 Å². The Morgan fingerprint density at radius 3 is 2.88 bits per heavy atom. The number of rotatable bonds is 7. The summed E-state index contributed by atoms with van der Waals surface area (Å²) < 4.78 is 1.91. The molecule has 0 bridgehead atoms. The molecule has 1 heterocycles. The average molecular weight is 385 g/mol. The van der Waals surface area contributed by atoms with Crippen LogP contribution in [-0.4, -0.2) is 26.4 Å². The van der Waals surface area contributed by atoms with Gasteiger partial charge in [0.2, 0.25) is 5.91 Å². The van der Waals surface area contributed by atoms with E-state index in [9.17, 15) is 4.79 Å². The molecular weight excluding hydrogens is 367 g/mol. The number of thioether (sulfide) groups is 1. The van der Waals surface area contributed by atoms with Gasteiger partial charge in [0.15, 0.2) is 5.16 Å². The smallest absolute Gasteiger partial charge is 0.230 e. The number of aryl methyl sites for hydroxylation is 1. The zero-order valence-corrected chi connectivity index (χ0v) is 15.8. The SMILES string of the molecule is C=CCn1c(C)nnc1SCC(=O)N[C@H](C)c1ccc(Cl)cc1Cl. The highest BCUT2D eigenvalue weighted by atomic mass is 35.5. The first-order chi connectivity index (χ1) is 11.4. The van der Waals surface area contributed by atoms with Crippen LogP contribution in [0.4, 0.5) is 0 Å². The van der Waals surface area contributed by atoms with Gasteiger partial charge in [-0.25, -0.2) is 0 Å². The molecular formula is C16H18Cl2N4OS. The van der Waals surface area contributed by atoms with Crippen molar-refractivity contribution >= 4 is 40.9 Å². The molecule has 0 spiro atoms. The van der Waals surface area contributed by atoms with Crippen molar-refractivity contribution in [1.82, 2.24) is 20.1 Å². The highest BCUT2D eigenvalue weighted by molar-refractivity contribution is 7.99. The van der Waals surface area contributed by atoms with Crippen LogP contribution in [0.15, 0.2) is 36.0 Å². The Balaban J connectivity index is 1.95. The molecule has 0 aliphatic heterocycles. The number of aromatic nitrogens is 3. The van der Waals surface area contributed by atoms with Crippen LogP contribution < -0.4 is 5.32 Å². The first kappa shape index (κ1) is 18.8. The molecule has 0 aliphatic rings. The summed E-state index contributed by atoms with van der Waals surface area (Å²) in [5, 5.41) is 12.8. The van der Waals surface area contributed by atoms with Gasteiger partial charge < -0.3 is 9.88 Å². The van der Waals surface area contributed by atoms with Crippen molar-refractivity contribution in [2.24, 2.45) is 0 Å². The van der Waals surface area contributed by atoms with E-state index in [0.717, 1.165) is 11.4 Å². The zero-order valence-electron chi connectivity index (χ0n) is 13.4. The molecule has 24 heavy (non-hydrogen) atoms. The predicted octanol–water partition coefficient (Wildman–Crippen LogP) is 4.05. The lowest BCUT2D eigenvalue weighted by Gasteiger charge is -2.16. The van der Waals surface area contributed by atoms with Crippen LogP contribution >= 0.6 is 35.0 Å². The third kappa shape index (κ3) is 4.75. The number of nitrogens with zero attached hydrogens (tertiary/aromatic N) is 3. The van der Waals surface area contributed by atoms with Crippen molar-refractivity contribution in [3.05, 3.63) is 52.3 Å². The summed E-state index contributed by atoms with van der Waals surface area (Å²) in [5.74, 6) is 0.925. The van der Waals surface area contributed by atoms with Gasteiger partial charge in [-0.15, -0.1) is 16.8 Å². The number of carbonyl (C=O) groups excluding carboxylic acids is 1. The van der Waals surface area contributed by atoms with Gasteiger partial charge in [0.25, 0.3) is 0 Å². The highest BCUT2D eigenvalue weighted by Crippen LogP contribution is 2.26. The lowest BCUT2D eigenvalue weighted by atomic mass is 10.1. The third-order valence-electron chi connectivity index (χ3n) is 3.35. The number of nitrogens with one attached hydrogen (secondary N) is 1. The van der Waals surface area contributed by atoms with E-state index in [1.54, 1.807) is 18.2 Å². The maximum Gasteiger partial charge on any atom is 0.230 e. The summed E-state index contributed by atoms with van der Waals surface area (Å²) in [6.45, 7) is 8.07. The minimum atomic E-state index is -0.212. The molecule has 128 valence electrons. The molecule has 0 unspecified atom stereocenters. The summed E-state index contributed by atoms with van der Waals surface area (Å²) in [6.07, 6.45) is 1.77. The Morgan fingerprint density at radius 2 is 2.21 bits per heavy atom. The van der Waals surface area contributed by atoms with E-state index < -0.39 is 0 Å².